The van der Waals surface area contributed by atoms with Crippen LogP contribution >= 0.6 is 15.9 Å². The van der Waals surface area contributed by atoms with Gasteiger partial charge in [0.15, 0.2) is 5.82 Å². The lowest BCUT2D eigenvalue weighted by atomic mass is 10.2. The van der Waals surface area contributed by atoms with Crippen LogP contribution in [-0.4, -0.2) is 37.5 Å². The zero-order valence-corrected chi connectivity index (χ0v) is 14.5. The summed E-state index contributed by atoms with van der Waals surface area (Å²) < 4.78 is 1.68. The molecule has 0 aliphatic carbocycles. The second-order valence-corrected chi connectivity index (χ2v) is 5.74. The second-order valence-electron chi connectivity index (χ2n) is 4.95. The van der Waals surface area contributed by atoms with E-state index in [2.05, 4.69) is 47.2 Å². The van der Waals surface area contributed by atoms with Crippen LogP contribution < -0.4 is 16.2 Å². The van der Waals surface area contributed by atoms with Crippen LogP contribution in [0.25, 0.3) is 0 Å². The highest BCUT2D eigenvalue weighted by atomic mass is 79.9. The van der Waals surface area contributed by atoms with E-state index < -0.39 is 0 Å². The van der Waals surface area contributed by atoms with Gasteiger partial charge in [-0.05, 0) is 12.8 Å². The van der Waals surface area contributed by atoms with Crippen molar-refractivity contribution in [3.63, 3.8) is 0 Å². The molecule has 1 amide bonds. The highest BCUT2D eigenvalue weighted by molar-refractivity contribution is 9.09. The number of carbonyl (C=O) groups is 1. The zero-order chi connectivity index (χ0) is 16.5. The van der Waals surface area contributed by atoms with E-state index in [1.807, 2.05) is 7.05 Å². The molecule has 0 aliphatic heterocycles. The van der Waals surface area contributed by atoms with Gasteiger partial charge in [-0.25, -0.2) is 9.97 Å². The van der Waals surface area contributed by atoms with E-state index in [1.165, 1.54) is 18.7 Å². The Kier molecular flexibility index (Phi) is 6.79. The smallest absolute Gasteiger partial charge is 0.272 e. The van der Waals surface area contributed by atoms with Crippen molar-refractivity contribution in [2.45, 2.75) is 19.3 Å². The molecule has 0 saturated heterocycles. The molecule has 0 fully saturated rings. The number of nitrogens with one attached hydrogen (secondary N) is 3. The monoisotopic (exact) mass is 381 g/mol. The van der Waals surface area contributed by atoms with Gasteiger partial charge in [-0.2, -0.15) is 5.10 Å². The first-order chi connectivity index (χ1) is 11.2. The van der Waals surface area contributed by atoms with Gasteiger partial charge in [-0.15, -0.1) is 0 Å². The fourth-order valence-corrected chi connectivity index (χ4v) is 2.32. The lowest BCUT2D eigenvalue weighted by Gasteiger charge is -2.09. The average Bonchev–Trinajstić information content (AvgIpc) is 2.93. The van der Waals surface area contributed by atoms with Crippen molar-refractivity contribution in [1.82, 2.24) is 25.2 Å². The summed E-state index contributed by atoms with van der Waals surface area (Å²) in [5.41, 5.74) is 6.58. The second kappa shape index (κ2) is 9.09. The highest BCUT2D eigenvalue weighted by Crippen LogP contribution is 2.18. The molecule has 2 aromatic heterocycles. The molecule has 8 nitrogen and oxygen atoms in total. The van der Waals surface area contributed by atoms with Gasteiger partial charge in [0.05, 0.1) is 11.8 Å². The first-order valence-corrected chi connectivity index (χ1v) is 8.47. The van der Waals surface area contributed by atoms with Crippen molar-refractivity contribution in [3.8, 4) is 0 Å². The van der Waals surface area contributed by atoms with E-state index in [0.29, 0.717) is 17.1 Å². The largest absolute Gasteiger partial charge is 0.367 e. The maximum atomic E-state index is 12.0. The van der Waals surface area contributed by atoms with Gasteiger partial charge in [-0.1, -0.05) is 22.4 Å². The SMILES string of the molecule is Cn1cc(NNC(=O)c2cncnc2)c(NCCCCCBr)n1. The van der Waals surface area contributed by atoms with Gasteiger partial charge in [0.1, 0.15) is 12.0 Å². The predicted molar refractivity (Wildman–Crippen MR) is 92.5 cm³/mol. The predicted octanol–water partition coefficient (Wildman–Crippen LogP) is 1.94. The van der Waals surface area contributed by atoms with Gasteiger partial charge in [0, 0.05) is 31.3 Å². The Bertz CT molecular complexity index is 617. The lowest BCUT2D eigenvalue weighted by molar-refractivity contribution is 0.0962. The third-order valence-corrected chi connectivity index (χ3v) is 3.63. The summed E-state index contributed by atoms with van der Waals surface area (Å²) in [6.45, 7) is 0.833. The van der Waals surface area contributed by atoms with Gasteiger partial charge < -0.3 is 5.32 Å². The number of anilines is 2. The van der Waals surface area contributed by atoms with Crippen molar-refractivity contribution in [1.29, 1.82) is 0 Å². The number of rotatable bonds is 9. The topological polar surface area (TPSA) is 96.8 Å². The summed E-state index contributed by atoms with van der Waals surface area (Å²) in [6.07, 6.45) is 9.45. The van der Waals surface area contributed by atoms with E-state index in [1.54, 1.807) is 10.9 Å². The molecule has 23 heavy (non-hydrogen) atoms. The summed E-state index contributed by atoms with van der Waals surface area (Å²) >= 11 is 3.42. The van der Waals surface area contributed by atoms with E-state index in [4.69, 9.17) is 0 Å². The Morgan fingerprint density at radius 1 is 1.26 bits per heavy atom. The number of unbranched alkanes of at least 4 members (excludes halogenated alkanes) is 2. The first kappa shape index (κ1) is 17.2. The van der Waals surface area contributed by atoms with Gasteiger partial charge in [0.25, 0.3) is 5.91 Å². The molecule has 0 aromatic carbocycles. The van der Waals surface area contributed by atoms with Crippen molar-refractivity contribution in [2.24, 2.45) is 7.05 Å². The first-order valence-electron chi connectivity index (χ1n) is 7.35. The van der Waals surface area contributed by atoms with Crippen LogP contribution in [0.2, 0.25) is 0 Å². The van der Waals surface area contributed by atoms with E-state index in [0.717, 1.165) is 31.1 Å². The maximum absolute atomic E-state index is 12.0. The minimum Gasteiger partial charge on any atom is -0.367 e. The Hall–Kier alpha value is -2.16. The molecule has 124 valence electrons. The highest BCUT2D eigenvalue weighted by Gasteiger charge is 2.10. The fourth-order valence-electron chi connectivity index (χ4n) is 1.93. The van der Waals surface area contributed by atoms with Crippen LogP contribution in [0.15, 0.2) is 24.9 Å². The molecule has 3 N–H and O–H groups in total. The number of nitrogens with zero attached hydrogens (tertiary/aromatic N) is 4. The number of aromatic nitrogens is 4. The average molecular weight is 382 g/mol. The molecule has 0 spiro atoms. The number of halogens is 1. The minimum absolute atomic E-state index is 0.308. The Morgan fingerprint density at radius 2 is 2.04 bits per heavy atom. The van der Waals surface area contributed by atoms with Crippen LogP contribution in [0.3, 0.4) is 0 Å². The maximum Gasteiger partial charge on any atom is 0.272 e. The van der Waals surface area contributed by atoms with Crippen molar-refractivity contribution in [3.05, 3.63) is 30.5 Å². The molecule has 0 aliphatic rings. The molecule has 9 heteroatoms. The van der Waals surface area contributed by atoms with Crippen LogP contribution in [0.1, 0.15) is 29.6 Å². The van der Waals surface area contributed by atoms with Crippen molar-refractivity contribution >= 4 is 33.3 Å². The normalized spacial score (nSPS) is 10.3. The van der Waals surface area contributed by atoms with Gasteiger partial charge >= 0.3 is 0 Å². The molecule has 0 atom stereocenters. The summed E-state index contributed by atoms with van der Waals surface area (Å²) in [5.74, 6) is 0.397. The van der Waals surface area contributed by atoms with E-state index in [-0.39, 0.29) is 5.91 Å². The molecule has 2 heterocycles. The Balaban J connectivity index is 1.86. The molecule has 0 unspecified atom stereocenters. The van der Waals surface area contributed by atoms with Crippen LogP contribution in [0.4, 0.5) is 11.5 Å². The Labute approximate surface area is 143 Å². The quantitative estimate of drug-likeness (QED) is 0.349. The third kappa shape index (κ3) is 5.51. The number of carbonyl (C=O) groups excluding carboxylic acids is 1. The zero-order valence-electron chi connectivity index (χ0n) is 12.9. The number of hydrogen-bond donors (Lipinski definition) is 3. The molecule has 0 bridgehead atoms. The van der Waals surface area contributed by atoms with E-state index >= 15 is 0 Å². The minimum atomic E-state index is -0.308. The van der Waals surface area contributed by atoms with Crippen LogP contribution in [0, 0.1) is 0 Å². The third-order valence-electron chi connectivity index (χ3n) is 3.07. The summed E-state index contributed by atoms with van der Waals surface area (Å²) in [5, 5.41) is 8.63. The molecule has 0 radical (unpaired) electrons. The van der Waals surface area contributed by atoms with Crippen LogP contribution in [-0.2, 0) is 7.05 Å². The van der Waals surface area contributed by atoms with Gasteiger partial charge in [-0.3, -0.25) is 20.3 Å². The fraction of sp³-hybridized carbons (Fsp3) is 0.429. The standard InChI is InChI=1S/C14H20BrN7O/c1-22-9-12(13(21-22)18-6-4-2-3-5-15)19-20-14(23)11-7-16-10-17-8-11/h7-10,19H,2-6H2,1H3,(H,18,21)(H,20,23). The summed E-state index contributed by atoms with van der Waals surface area (Å²) in [7, 11) is 1.83. The number of amides is 1. The van der Waals surface area contributed by atoms with Gasteiger partial charge in [0.2, 0.25) is 0 Å². The van der Waals surface area contributed by atoms with Crippen molar-refractivity contribution < 1.29 is 4.79 Å². The molecular formula is C14H20BrN7O. The number of hydrogen-bond acceptors (Lipinski definition) is 6. The summed E-state index contributed by atoms with van der Waals surface area (Å²) in [4.78, 5) is 19.6. The molecule has 2 rings (SSSR count). The van der Waals surface area contributed by atoms with Crippen molar-refractivity contribution in [2.75, 3.05) is 22.6 Å². The number of hydrazine groups is 1. The Morgan fingerprint density at radius 3 is 2.78 bits per heavy atom. The molecule has 0 saturated carbocycles. The molecular weight excluding hydrogens is 362 g/mol. The number of alkyl halides is 1. The number of aryl methyl sites for hydroxylation is 1. The summed E-state index contributed by atoms with van der Waals surface area (Å²) in [6, 6.07) is 0. The molecule has 2 aromatic rings. The van der Waals surface area contributed by atoms with Crippen LogP contribution in [0.5, 0.6) is 0 Å². The van der Waals surface area contributed by atoms with E-state index in [9.17, 15) is 4.79 Å². The lowest BCUT2D eigenvalue weighted by Crippen LogP contribution is -2.29.